The number of allylic oxidation sites excluding steroid dienone is 2. The predicted molar refractivity (Wildman–Crippen MR) is 64.1 cm³/mol. The topological polar surface area (TPSA) is 36.9 Å². The zero-order valence-corrected chi connectivity index (χ0v) is 11.5. The molecule has 1 aliphatic carbocycles. The van der Waals surface area contributed by atoms with Crippen LogP contribution in [0.25, 0.3) is 0 Å². The molecule has 0 aromatic heterocycles. The Kier molecular flexibility index (Phi) is 6.04. The summed E-state index contributed by atoms with van der Waals surface area (Å²) in [6.07, 6.45) is 6.88. The van der Waals surface area contributed by atoms with Crippen molar-refractivity contribution in [3.8, 4) is 0 Å². The third-order valence-corrected chi connectivity index (χ3v) is 5.56. The van der Waals surface area contributed by atoms with Gasteiger partial charge in [-0.3, -0.25) is 0 Å². The molecular formula is C11H22O4Si. The van der Waals surface area contributed by atoms with Gasteiger partial charge in [0.2, 0.25) is 0 Å². The molecule has 0 unspecified atom stereocenters. The molecule has 0 saturated carbocycles. The van der Waals surface area contributed by atoms with Crippen LogP contribution in [0.1, 0.15) is 25.7 Å². The minimum Gasteiger partial charge on any atom is -0.498 e. The van der Waals surface area contributed by atoms with Gasteiger partial charge in [0.1, 0.15) is 0 Å². The average molecular weight is 246 g/mol. The number of ether oxygens (including phenoxy) is 1. The van der Waals surface area contributed by atoms with E-state index < -0.39 is 8.80 Å². The van der Waals surface area contributed by atoms with Crippen molar-refractivity contribution >= 4 is 8.80 Å². The average Bonchev–Trinajstić information content (AvgIpc) is 2.37. The van der Waals surface area contributed by atoms with Gasteiger partial charge in [0, 0.05) is 27.8 Å². The van der Waals surface area contributed by atoms with Crippen molar-refractivity contribution in [2.75, 3.05) is 27.9 Å². The Bertz CT molecular complexity index is 218. The van der Waals surface area contributed by atoms with E-state index in [-0.39, 0.29) is 0 Å². The van der Waals surface area contributed by atoms with E-state index in [2.05, 4.69) is 6.08 Å². The lowest BCUT2D eigenvalue weighted by Crippen LogP contribution is -2.43. The summed E-state index contributed by atoms with van der Waals surface area (Å²) in [6, 6.07) is 0.688. The minimum absolute atomic E-state index is 0.605. The maximum Gasteiger partial charge on any atom is 0.503 e. The van der Waals surface area contributed by atoms with Crippen molar-refractivity contribution < 1.29 is 18.0 Å². The van der Waals surface area contributed by atoms with Crippen LogP contribution in [0.3, 0.4) is 0 Å². The summed E-state index contributed by atoms with van der Waals surface area (Å²) in [5.74, 6) is 1.11. The summed E-state index contributed by atoms with van der Waals surface area (Å²) in [7, 11) is 2.42. The fourth-order valence-electron chi connectivity index (χ4n) is 1.80. The van der Waals surface area contributed by atoms with Crippen LogP contribution >= 0.6 is 0 Å². The smallest absolute Gasteiger partial charge is 0.498 e. The van der Waals surface area contributed by atoms with Gasteiger partial charge < -0.3 is 18.0 Å². The van der Waals surface area contributed by atoms with Crippen LogP contribution < -0.4 is 0 Å². The van der Waals surface area contributed by atoms with Crippen molar-refractivity contribution in [1.29, 1.82) is 0 Å². The lowest BCUT2D eigenvalue weighted by Gasteiger charge is -2.24. The fraction of sp³-hybridized carbons (Fsp3) is 0.818. The van der Waals surface area contributed by atoms with Gasteiger partial charge in [0.05, 0.1) is 18.4 Å². The van der Waals surface area contributed by atoms with E-state index in [9.17, 15) is 0 Å². The van der Waals surface area contributed by atoms with Gasteiger partial charge in [-0.05, 0) is 25.3 Å². The van der Waals surface area contributed by atoms with E-state index in [4.69, 9.17) is 18.0 Å². The molecule has 4 nitrogen and oxygen atoms in total. The Hall–Kier alpha value is -0.363. The molecule has 16 heavy (non-hydrogen) atoms. The molecular weight excluding hydrogens is 224 g/mol. The zero-order chi connectivity index (χ0) is 11.9. The van der Waals surface area contributed by atoms with Gasteiger partial charge in [-0.1, -0.05) is 0 Å². The normalized spacial score (nSPS) is 17.1. The molecule has 1 rings (SSSR count). The quantitative estimate of drug-likeness (QED) is 0.646. The maximum atomic E-state index is 5.70. The van der Waals surface area contributed by atoms with Gasteiger partial charge in [-0.2, -0.15) is 0 Å². The summed E-state index contributed by atoms with van der Waals surface area (Å²) in [6.45, 7) is 0.605. The molecule has 0 bridgehead atoms. The number of hydrogen-bond donors (Lipinski definition) is 0. The molecule has 0 atom stereocenters. The number of hydrogen-bond acceptors (Lipinski definition) is 4. The molecule has 0 heterocycles. The SMILES string of the molecule is CO[Si](CCOC1=CCCCC1)(OC)OC. The largest absolute Gasteiger partial charge is 0.503 e. The fourth-order valence-corrected chi connectivity index (χ4v) is 3.27. The van der Waals surface area contributed by atoms with Crippen LogP contribution in [0, 0.1) is 0 Å². The van der Waals surface area contributed by atoms with Crippen molar-refractivity contribution in [2.24, 2.45) is 0 Å². The highest BCUT2D eigenvalue weighted by Crippen LogP contribution is 2.20. The van der Waals surface area contributed by atoms with Crippen LogP contribution in [0.5, 0.6) is 0 Å². The van der Waals surface area contributed by atoms with E-state index >= 15 is 0 Å². The molecule has 0 spiro atoms. The Morgan fingerprint density at radius 1 is 1.12 bits per heavy atom. The lowest BCUT2D eigenvalue weighted by molar-refractivity contribution is 0.109. The molecule has 0 radical (unpaired) electrons. The Balaban J connectivity index is 2.29. The molecule has 5 heteroatoms. The van der Waals surface area contributed by atoms with E-state index in [1.165, 1.54) is 12.8 Å². The third-order valence-electron chi connectivity index (χ3n) is 2.88. The van der Waals surface area contributed by atoms with Crippen molar-refractivity contribution in [3.05, 3.63) is 11.8 Å². The second-order valence-corrected chi connectivity index (χ2v) is 6.90. The summed E-state index contributed by atoms with van der Waals surface area (Å²) in [5, 5.41) is 0. The first-order chi connectivity index (χ1) is 7.76. The van der Waals surface area contributed by atoms with Gasteiger partial charge in [-0.15, -0.1) is 0 Å². The highest BCUT2D eigenvalue weighted by molar-refractivity contribution is 6.60. The zero-order valence-electron chi connectivity index (χ0n) is 10.5. The lowest BCUT2D eigenvalue weighted by atomic mass is 10.1. The third kappa shape index (κ3) is 3.90. The summed E-state index contributed by atoms with van der Waals surface area (Å²) in [5.41, 5.74) is 0. The summed E-state index contributed by atoms with van der Waals surface area (Å²) in [4.78, 5) is 0. The molecule has 0 amide bonds. The highest BCUT2D eigenvalue weighted by atomic mass is 28.4. The minimum atomic E-state index is -2.45. The second kappa shape index (κ2) is 7.06. The molecule has 94 valence electrons. The Morgan fingerprint density at radius 2 is 1.81 bits per heavy atom. The second-order valence-electron chi connectivity index (χ2n) is 3.81. The summed E-state index contributed by atoms with van der Waals surface area (Å²) < 4.78 is 21.7. The maximum absolute atomic E-state index is 5.70. The van der Waals surface area contributed by atoms with Crippen LogP contribution in [-0.2, 0) is 18.0 Å². The van der Waals surface area contributed by atoms with E-state index in [0.29, 0.717) is 12.7 Å². The first kappa shape index (κ1) is 13.7. The molecule has 0 N–H and O–H groups in total. The van der Waals surface area contributed by atoms with Crippen LogP contribution in [0.4, 0.5) is 0 Å². The first-order valence-electron chi connectivity index (χ1n) is 5.73. The van der Waals surface area contributed by atoms with Crippen molar-refractivity contribution in [2.45, 2.75) is 31.7 Å². The van der Waals surface area contributed by atoms with Crippen LogP contribution in [-0.4, -0.2) is 36.7 Å². The van der Waals surface area contributed by atoms with Crippen molar-refractivity contribution in [1.82, 2.24) is 0 Å². The first-order valence-corrected chi connectivity index (χ1v) is 7.67. The van der Waals surface area contributed by atoms with E-state index in [0.717, 1.165) is 18.6 Å². The molecule has 0 fully saturated rings. The molecule has 0 aliphatic heterocycles. The standard InChI is InChI=1S/C11H22O4Si/c1-12-16(13-2,14-3)10-9-15-11-7-5-4-6-8-11/h7H,4-6,8-10H2,1-3H3. The van der Waals surface area contributed by atoms with Crippen molar-refractivity contribution in [3.63, 3.8) is 0 Å². The van der Waals surface area contributed by atoms with Crippen LogP contribution in [0.2, 0.25) is 6.04 Å². The van der Waals surface area contributed by atoms with Gasteiger partial charge in [0.25, 0.3) is 0 Å². The van der Waals surface area contributed by atoms with Gasteiger partial charge in [-0.25, -0.2) is 0 Å². The monoisotopic (exact) mass is 246 g/mol. The molecule has 0 aromatic rings. The Labute approximate surface area is 98.9 Å². The molecule has 1 aliphatic rings. The van der Waals surface area contributed by atoms with Gasteiger partial charge >= 0.3 is 8.80 Å². The van der Waals surface area contributed by atoms with Gasteiger partial charge in [0.15, 0.2) is 0 Å². The number of rotatable bonds is 7. The highest BCUT2D eigenvalue weighted by Gasteiger charge is 2.37. The van der Waals surface area contributed by atoms with E-state index in [1.807, 2.05) is 0 Å². The predicted octanol–water partition coefficient (Wildman–Crippen LogP) is 2.34. The molecule has 0 aromatic carbocycles. The Morgan fingerprint density at radius 3 is 2.31 bits per heavy atom. The van der Waals surface area contributed by atoms with Crippen LogP contribution in [0.15, 0.2) is 11.8 Å². The van der Waals surface area contributed by atoms with E-state index in [1.54, 1.807) is 21.3 Å². The molecule has 0 saturated heterocycles. The summed E-state index contributed by atoms with van der Waals surface area (Å²) >= 11 is 0.